The fraction of sp³-hybridized carbons (Fsp3) is 0.500. The van der Waals surface area contributed by atoms with Crippen LogP contribution in [0.3, 0.4) is 0 Å². The Morgan fingerprint density at radius 3 is 2.06 bits per heavy atom. The number of benzene rings is 1. The molecule has 0 spiro atoms. The van der Waals surface area contributed by atoms with Crippen LogP contribution in [0, 0.1) is 11.3 Å². The molecule has 16 heavy (non-hydrogen) atoms. The van der Waals surface area contributed by atoms with Crippen molar-refractivity contribution in [2.75, 3.05) is 0 Å². The summed E-state index contributed by atoms with van der Waals surface area (Å²) < 4.78 is 0. The van der Waals surface area contributed by atoms with Crippen molar-refractivity contribution in [3.8, 4) is 0 Å². The van der Waals surface area contributed by atoms with E-state index in [0.29, 0.717) is 0 Å². The maximum Gasteiger partial charge on any atom is 0.136 e. The summed E-state index contributed by atoms with van der Waals surface area (Å²) >= 11 is 0. The molecule has 0 aliphatic rings. The van der Waals surface area contributed by atoms with Gasteiger partial charge in [-0.3, -0.25) is 4.79 Å². The number of hydrogen-bond donors (Lipinski definition) is 1. The molecule has 0 saturated heterocycles. The van der Waals surface area contributed by atoms with Crippen LogP contribution >= 0.6 is 0 Å². The molecule has 0 aromatic heterocycles. The highest BCUT2D eigenvalue weighted by Crippen LogP contribution is 2.36. The van der Waals surface area contributed by atoms with E-state index in [-0.39, 0.29) is 17.1 Å². The van der Waals surface area contributed by atoms with Crippen molar-refractivity contribution in [3.63, 3.8) is 0 Å². The summed E-state index contributed by atoms with van der Waals surface area (Å²) in [5.74, 6) is -0.334. The fourth-order valence-corrected chi connectivity index (χ4v) is 2.15. The van der Waals surface area contributed by atoms with E-state index in [4.69, 9.17) is 0 Å². The number of carbonyl (C=O) groups is 1. The molecule has 0 amide bonds. The highest BCUT2D eigenvalue weighted by molar-refractivity contribution is 5.79. The van der Waals surface area contributed by atoms with Crippen LogP contribution < -0.4 is 0 Å². The second-order valence-corrected chi connectivity index (χ2v) is 5.31. The van der Waals surface area contributed by atoms with Gasteiger partial charge in [-0.2, -0.15) is 0 Å². The maximum atomic E-state index is 11.6. The lowest BCUT2D eigenvalue weighted by Gasteiger charge is -2.32. The van der Waals surface area contributed by atoms with Gasteiger partial charge in [-0.25, -0.2) is 0 Å². The third kappa shape index (κ3) is 2.92. The molecule has 1 rings (SSSR count). The van der Waals surface area contributed by atoms with Gasteiger partial charge in [0.15, 0.2) is 0 Å². The van der Waals surface area contributed by atoms with Crippen molar-refractivity contribution >= 4 is 5.78 Å². The highest BCUT2D eigenvalue weighted by atomic mass is 16.3. The minimum atomic E-state index is -0.723. The molecule has 0 aliphatic carbocycles. The van der Waals surface area contributed by atoms with Crippen LogP contribution in [0.1, 0.15) is 39.4 Å². The van der Waals surface area contributed by atoms with Gasteiger partial charge in [0, 0.05) is 0 Å². The fourth-order valence-electron chi connectivity index (χ4n) is 2.15. The summed E-state index contributed by atoms with van der Waals surface area (Å²) in [6.07, 6.45) is -0.723. The normalized spacial score (nSPS) is 15.6. The molecule has 1 aromatic carbocycles. The van der Waals surface area contributed by atoms with Gasteiger partial charge in [-0.1, -0.05) is 51.1 Å². The first-order valence-electron chi connectivity index (χ1n) is 5.57. The SMILES string of the molecule is CC(=O)[C@@H]([C@@H](O)c1ccccc1)C(C)(C)C. The summed E-state index contributed by atoms with van der Waals surface area (Å²) in [7, 11) is 0. The predicted octanol–water partition coefficient (Wildman–Crippen LogP) is 2.97. The third-order valence-electron chi connectivity index (χ3n) is 2.83. The third-order valence-corrected chi connectivity index (χ3v) is 2.83. The van der Waals surface area contributed by atoms with Crippen molar-refractivity contribution in [2.45, 2.75) is 33.8 Å². The second-order valence-electron chi connectivity index (χ2n) is 5.31. The first kappa shape index (κ1) is 12.9. The van der Waals surface area contributed by atoms with Crippen LogP contribution in [0.25, 0.3) is 0 Å². The highest BCUT2D eigenvalue weighted by Gasteiger charge is 2.35. The van der Waals surface area contributed by atoms with Gasteiger partial charge < -0.3 is 5.11 Å². The smallest absolute Gasteiger partial charge is 0.136 e. The molecular weight excluding hydrogens is 200 g/mol. The first-order chi connectivity index (χ1) is 7.34. The minimum Gasteiger partial charge on any atom is -0.388 e. The lowest BCUT2D eigenvalue weighted by Crippen LogP contribution is -2.32. The lowest BCUT2D eigenvalue weighted by atomic mass is 9.73. The zero-order valence-corrected chi connectivity index (χ0v) is 10.4. The van der Waals surface area contributed by atoms with Gasteiger partial charge >= 0.3 is 0 Å². The number of carbonyl (C=O) groups excluding carboxylic acids is 1. The van der Waals surface area contributed by atoms with Gasteiger partial charge in [0.25, 0.3) is 0 Å². The Hall–Kier alpha value is -1.15. The molecule has 2 heteroatoms. The lowest BCUT2D eigenvalue weighted by molar-refractivity contribution is -0.129. The molecule has 0 radical (unpaired) electrons. The van der Waals surface area contributed by atoms with E-state index in [1.165, 1.54) is 0 Å². The largest absolute Gasteiger partial charge is 0.388 e. The number of ketones is 1. The van der Waals surface area contributed by atoms with E-state index in [1.807, 2.05) is 51.1 Å². The quantitative estimate of drug-likeness (QED) is 0.850. The van der Waals surface area contributed by atoms with Crippen LogP contribution in [0.15, 0.2) is 30.3 Å². The summed E-state index contributed by atoms with van der Waals surface area (Å²) in [5.41, 5.74) is 0.568. The molecule has 2 atom stereocenters. The number of Topliss-reactive ketones (excluding diaryl/α,β-unsaturated/α-hetero) is 1. The van der Waals surface area contributed by atoms with Gasteiger partial charge in [-0.05, 0) is 17.9 Å². The summed E-state index contributed by atoms with van der Waals surface area (Å²) in [6, 6.07) is 9.35. The van der Waals surface area contributed by atoms with E-state index in [9.17, 15) is 9.90 Å². The Bertz CT molecular complexity index is 349. The van der Waals surface area contributed by atoms with Crippen LogP contribution in [0.4, 0.5) is 0 Å². The van der Waals surface area contributed by atoms with Gasteiger partial charge in [0.2, 0.25) is 0 Å². The van der Waals surface area contributed by atoms with Crippen molar-refractivity contribution in [2.24, 2.45) is 11.3 Å². The van der Waals surface area contributed by atoms with Crippen LogP contribution in [-0.2, 0) is 4.79 Å². The van der Waals surface area contributed by atoms with Crippen molar-refractivity contribution in [1.82, 2.24) is 0 Å². The predicted molar refractivity (Wildman–Crippen MR) is 65.0 cm³/mol. The molecule has 0 aliphatic heterocycles. The van der Waals surface area contributed by atoms with Crippen LogP contribution in [-0.4, -0.2) is 10.9 Å². The number of hydrogen-bond acceptors (Lipinski definition) is 2. The van der Waals surface area contributed by atoms with Crippen LogP contribution in [0.5, 0.6) is 0 Å². The van der Waals surface area contributed by atoms with Crippen molar-refractivity contribution < 1.29 is 9.90 Å². The topological polar surface area (TPSA) is 37.3 Å². The van der Waals surface area contributed by atoms with E-state index in [2.05, 4.69) is 0 Å². The Labute approximate surface area is 97.3 Å². The Morgan fingerprint density at radius 1 is 1.19 bits per heavy atom. The molecule has 1 aromatic rings. The van der Waals surface area contributed by atoms with Crippen molar-refractivity contribution in [3.05, 3.63) is 35.9 Å². The van der Waals surface area contributed by atoms with Crippen LogP contribution in [0.2, 0.25) is 0 Å². The van der Waals surface area contributed by atoms with Gasteiger partial charge in [-0.15, -0.1) is 0 Å². The molecule has 0 bridgehead atoms. The zero-order valence-electron chi connectivity index (χ0n) is 10.4. The average molecular weight is 220 g/mol. The maximum absolute atomic E-state index is 11.6. The van der Waals surface area contributed by atoms with E-state index < -0.39 is 6.10 Å². The van der Waals surface area contributed by atoms with Gasteiger partial charge in [0.05, 0.1) is 12.0 Å². The second kappa shape index (κ2) is 4.79. The first-order valence-corrected chi connectivity index (χ1v) is 5.57. The number of rotatable bonds is 3. The summed E-state index contributed by atoms with van der Waals surface area (Å²) in [4.78, 5) is 11.6. The Kier molecular flexibility index (Phi) is 3.87. The Balaban J connectivity index is 3.02. The molecule has 88 valence electrons. The molecular formula is C14H20O2. The average Bonchev–Trinajstić information content (AvgIpc) is 2.16. The Morgan fingerprint density at radius 2 is 1.69 bits per heavy atom. The standard InChI is InChI=1S/C14H20O2/c1-10(15)12(14(2,3)4)13(16)11-8-6-5-7-9-11/h5-9,12-13,16H,1-4H3/t12-,13-/m0/s1. The molecule has 0 fully saturated rings. The molecule has 0 heterocycles. The molecule has 2 nitrogen and oxygen atoms in total. The minimum absolute atomic E-state index is 0.0313. The summed E-state index contributed by atoms with van der Waals surface area (Å²) in [5, 5.41) is 10.3. The van der Waals surface area contributed by atoms with E-state index in [0.717, 1.165) is 5.56 Å². The summed E-state index contributed by atoms with van der Waals surface area (Å²) in [6.45, 7) is 7.48. The number of aliphatic hydroxyl groups is 1. The number of aliphatic hydroxyl groups excluding tert-OH is 1. The monoisotopic (exact) mass is 220 g/mol. The van der Waals surface area contributed by atoms with Gasteiger partial charge in [0.1, 0.15) is 5.78 Å². The van der Waals surface area contributed by atoms with E-state index in [1.54, 1.807) is 6.92 Å². The van der Waals surface area contributed by atoms with Crippen molar-refractivity contribution in [1.29, 1.82) is 0 Å². The molecule has 0 unspecified atom stereocenters. The molecule has 0 saturated carbocycles. The van der Waals surface area contributed by atoms with E-state index >= 15 is 0 Å². The molecule has 1 N–H and O–H groups in total. The zero-order chi connectivity index (χ0) is 12.3.